The van der Waals surface area contributed by atoms with Crippen molar-refractivity contribution in [2.24, 2.45) is 0 Å². The third kappa shape index (κ3) is 2.87. The molecule has 0 aliphatic carbocycles. The van der Waals surface area contributed by atoms with Crippen molar-refractivity contribution >= 4 is 26.0 Å². The van der Waals surface area contributed by atoms with Crippen molar-refractivity contribution < 1.29 is 0 Å². The minimum atomic E-state index is 1.03. The maximum atomic E-state index is 4.63. The number of benzene rings is 2. The summed E-state index contributed by atoms with van der Waals surface area (Å²) < 4.78 is 1.05. The van der Waals surface area contributed by atoms with Crippen LogP contribution < -0.4 is 3.74 Å². The van der Waals surface area contributed by atoms with E-state index >= 15 is 0 Å². The topological polar surface area (TPSA) is 12.9 Å². The first kappa shape index (κ1) is 12.4. The molecule has 2 aromatic carbocycles. The van der Waals surface area contributed by atoms with E-state index in [2.05, 4.69) is 53.5 Å². The molecule has 0 aliphatic rings. The molecule has 3 aromatic rings. The maximum absolute atomic E-state index is 4.63. The fraction of sp³-hybridized carbons (Fsp3) is 0. The summed E-state index contributed by atoms with van der Waals surface area (Å²) in [6.07, 6.45) is 0. The molecule has 0 atom stereocenters. The van der Waals surface area contributed by atoms with E-state index in [0.29, 0.717) is 0 Å². The van der Waals surface area contributed by atoms with Crippen LogP contribution in [0.1, 0.15) is 0 Å². The van der Waals surface area contributed by atoms with Crippen molar-refractivity contribution in [1.29, 1.82) is 0 Å². The van der Waals surface area contributed by atoms with Gasteiger partial charge in [0, 0.05) is 0 Å². The van der Waals surface area contributed by atoms with Crippen LogP contribution in [0.5, 0.6) is 0 Å². The van der Waals surface area contributed by atoms with E-state index in [1.165, 1.54) is 11.1 Å². The van der Waals surface area contributed by atoms with Crippen molar-refractivity contribution in [1.82, 2.24) is 4.98 Å². The van der Waals surface area contributed by atoms with Gasteiger partial charge in [-0.1, -0.05) is 0 Å². The molecule has 1 radical (unpaired) electrons. The Labute approximate surface area is 126 Å². The molecule has 91 valence electrons. The van der Waals surface area contributed by atoms with Gasteiger partial charge in [0.15, 0.2) is 0 Å². The second-order valence-electron chi connectivity index (χ2n) is 4.31. The molecule has 0 unspecified atom stereocenters. The van der Waals surface area contributed by atoms with Crippen molar-refractivity contribution in [3.05, 3.63) is 72.8 Å². The summed E-state index contributed by atoms with van der Waals surface area (Å²) in [5, 5.41) is 0. The average molecular weight is 358 g/mol. The summed E-state index contributed by atoms with van der Waals surface area (Å²) in [4.78, 5) is 4.63. The van der Waals surface area contributed by atoms with Gasteiger partial charge in [-0.05, 0) is 0 Å². The number of aromatic nitrogens is 1. The van der Waals surface area contributed by atoms with E-state index < -0.39 is 0 Å². The van der Waals surface area contributed by atoms with Gasteiger partial charge in [0.25, 0.3) is 0 Å². The van der Waals surface area contributed by atoms with Gasteiger partial charge in [-0.15, -0.1) is 0 Å². The van der Waals surface area contributed by atoms with Crippen LogP contribution in [0.3, 0.4) is 0 Å². The molecule has 3 rings (SSSR count). The average Bonchev–Trinajstić information content (AvgIpc) is 2.48. The van der Waals surface area contributed by atoms with Crippen LogP contribution in [-0.2, 0) is 0 Å². The molecule has 1 aromatic heterocycles. The summed E-state index contributed by atoms with van der Waals surface area (Å²) in [6.45, 7) is 0. The summed E-state index contributed by atoms with van der Waals surface area (Å²) in [5.41, 5.74) is 4.63. The van der Waals surface area contributed by atoms with Gasteiger partial charge in [0.2, 0.25) is 0 Å². The molecule has 1 heterocycles. The first-order valence-corrected chi connectivity index (χ1v) is 7.29. The number of hydrogen-bond acceptors (Lipinski definition) is 1. The third-order valence-electron chi connectivity index (χ3n) is 2.98. The van der Waals surface area contributed by atoms with E-state index in [1.54, 1.807) is 0 Å². The number of pyridine rings is 1. The molecular formula is C17H12NTe. The summed E-state index contributed by atoms with van der Waals surface area (Å²) in [7, 11) is 0. The summed E-state index contributed by atoms with van der Waals surface area (Å²) in [6, 6.07) is 25.0. The quantitative estimate of drug-likeness (QED) is 0.642. The molecule has 0 aliphatic heterocycles. The molecule has 0 spiro atoms. The Hall–Kier alpha value is -1.62. The molecule has 0 saturated carbocycles. The van der Waals surface area contributed by atoms with E-state index in [-0.39, 0.29) is 0 Å². The monoisotopic (exact) mass is 360 g/mol. The van der Waals surface area contributed by atoms with Crippen molar-refractivity contribution in [2.75, 3.05) is 0 Å². The summed E-state index contributed by atoms with van der Waals surface area (Å²) in [5.74, 6) is 0. The Morgan fingerprint density at radius 1 is 0.632 bits per heavy atom. The Kier molecular flexibility index (Phi) is 3.64. The van der Waals surface area contributed by atoms with E-state index in [1.807, 2.05) is 46.6 Å². The Bertz CT molecular complexity index is 620. The molecule has 0 amide bonds. The van der Waals surface area contributed by atoms with Gasteiger partial charge >= 0.3 is 126 Å². The van der Waals surface area contributed by atoms with Gasteiger partial charge in [-0.2, -0.15) is 0 Å². The molecule has 2 heteroatoms. The van der Waals surface area contributed by atoms with Crippen LogP contribution in [0, 0.1) is 0 Å². The van der Waals surface area contributed by atoms with Crippen LogP contribution in [0.15, 0.2) is 72.8 Å². The summed E-state index contributed by atoms with van der Waals surface area (Å²) >= 11 is 1.96. The standard InChI is InChI=1S/C17H12NTe/c19-17-12-15(13-7-3-1-4-8-13)11-16(18-17)14-9-5-2-6-10-14/h1-12H. The second kappa shape index (κ2) is 5.57. The van der Waals surface area contributed by atoms with Crippen molar-refractivity contribution in [2.45, 2.75) is 0 Å². The fourth-order valence-corrected chi connectivity index (χ4v) is 2.70. The zero-order chi connectivity index (χ0) is 13.1. The zero-order valence-corrected chi connectivity index (χ0v) is 12.6. The molecule has 0 fully saturated rings. The van der Waals surface area contributed by atoms with Gasteiger partial charge in [0.1, 0.15) is 0 Å². The van der Waals surface area contributed by atoms with Crippen LogP contribution in [0.2, 0.25) is 0 Å². The van der Waals surface area contributed by atoms with Gasteiger partial charge in [-0.3, -0.25) is 0 Å². The Morgan fingerprint density at radius 2 is 1.21 bits per heavy atom. The number of rotatable bonds is 2. The Morgan fingerprint density at radius 3 is 1.84 bits per heavy atom. The van der Waals surface area contributed by atoms with E-state index in [0.717, 1.165) is 15.0 Å². The first-order chi connectivity index (χ1) is 9.33. The van der Waals surface area contributed by atoms with Gasteiger partial charge in [0.05, 0.1) is 0 Å². The predicted molar refractivity (Wildman–Crippen MR) is 80.5 cm³/mol. The van der Waals surface area contributed by atoms with Gasteiger partial charge < -0.3 is 0 Å². The van der Waals surface area contributed by atoms with Crippen LogP contribution in [0.25, 0.3) is 22.4 Å². The molecule has 0 N–H and O–H groups in total. The second-order valence-corrected chi connectivity index (χ2v) is 5.51. The van der Waals surface area contributed by atoms with Crippen LogP contribution >= 0.6 is 0 Å². The SMILES string of the molecule is [Te]c1cc(-c2ccccc2)cc(-c2ccccc2)n1. The molecule has 19 heavy (non-hydrogen) atoms. The first-order valence-electron chi connectivity index (χ1n) is 6.13. The normalized spacial score (nSPS) is 10.3. The Balaban J connectivity index is 2.12. The molecule has 1 nitrogen and oxygen atoms in total. The van der Waals surface area contributed by atoms with Crippen LogP contribution in [0.4, 0.5) is 0 Å². The number of nitrogens with zero attached hydrogens (tertiary/aromatic N) is 1. The zero-order valence-electron chi connectivity index (χ0n) is 10.3. The third-order valence-corrected chi connectivity index (χ3v) is 3.58. The molecule has 0 saturated heterocycles. The minimum absolute atomic E-state index is 1.03. The van der Waals surface area contributed by atoms with E-state index in [9.17, 15) is 0 Å². The van der Waals surface area contributed by atoms with Gasteiger partial charge in [-0.25, -0.2) is 0 Å². The van der Waals surface area contributed by atoms with Crippen molar-refractivity contribution in [3.8, 4) is 22.4 Å². The number of hydrogen-bond donors (Lipinski definition) is 0. The van der Waals surface area contributed by atoms with E-state index in [4.69, 9.17) is 0 Å². The fourth-order valence-electron chi connectivity index (χ4n) is 2.06. The van der Waals surface area contributed by atoms with Crippen LogP contribution in [-0.4, -0.2) is 27.3 Å². The molecule has 0 bridgehead atoms. The van der Waals surface area contributed by atoms with Crippen molar-refractivity contribution in [3.63, 3.8) is 0 Å². The molecular weight excluding hydrogens is 346 g/mol. The predicted octanol–water partition coefficient (Wildman–Crippen LogP) is 3.21.